The van der Waals surface area contributed by atoms with Crippen LogP contribution in [-0.2, 0) is 19.1 Å². The number of hydrogen-bond acceptors (Lipinski definition) is 7. The Hall–Kier alpha value is -1.40. The van der Waals surface area contributed by atoms with Gasteiger partial charge in [0.05, 0.1) is 42.4 Å². The lowest BCUT2D eigenvalue weighted by molar-refractivity contribution is -0.147. The Morgan fingerprint density at radius 3 is 2.38 bits per heavy atom. The van der Waals surface area contributed by atoms with E-state index in [2.05, 4.69) is 47.8 Å². The zero-order valence-electron chi connectivity index (χ0n) is 25.5. The Bertz CT molecular complexity index is 1010. The summed E-state index contributed by atoms with van der Waals surface area (Å²) in [5.41, 5.74) is 0. The zero-order chi connectivity index (χ0) is 30.6. The van der Waals surface area contributed by atoms with Crippen LogP contribution in [0.2, 0.25) is 0 Å². The van der Waals surface area contributed by atoms with Crippen LogP contribution < -0.4 is 0 Å². The molecule has 3 amide bonds. The summed E-state index contributed by atoms with van der Waals surface area (Å²) < 4.78 is 4.75. The lowest BCUT2D eigenvalue weighted by Gasteiger charge is -2.40. The first kappa shape index (κ1) is 33.5. The van der Waals surface area contributed by atoms with Gasteiger partial charge in [0, 0.05) is 55.9 Å². The Morgan fingerprint density at radius 1 is 1.17 bits per heavy atom. The van der Waals surface area contributed by atoms with Gasteiger partial charge in [-0.1, -0.05) is 48.9 Å². The minimum Gasteiger partial charge on any atom is -0.394 e. The second-order valence-electron chi connectivity index (χ2n) is 12.5. The highest BCUT2D eigenvalue weighted by atomic mass is 79.9. The molecular formula is C31H49BrN4O5S. The van der Waals surface area contributed by atoms with Crippen molar-refractivity contribution in [1.29, 1.82) is 0 Å². The van der Waals surface area contributed by atoms with Crippen molar-refractivity contribution in [2.75, 3.05) is 65.6 Å². The molecule has 2 bridgehead atoms. The number of carbonyl (C=O) groups excluding carboxylic acids is 3. The minimum absolute atomic E-state index is 0.00170. The summed E-state index contributed by atoms with van der Waals surface area (Å²) >= 11 is 5.53. The smallest absolute Gasteiger partial charge is 0.247 e. The number of carbonyl (C=O) groups is 3. The molecule has 11 heteroatoms. The van der Waals surface area contributed by atoms with Gasteiger partial charge in [-0.25, -0.2) is 0 Å². The Kier molecular flexibility index (Phi) is 11.6. The van der Waals surface area contributed by atoms with Crippen LogP contribution >= 0.6 is 27.7 Å². The maximum atomic E-state index is 14.7. The number of ether oxygens (including phenoxy) is 1. The summed E-state index contributed by atoms with van der Waals surface area (Å²) in [7, 11) is 0. The molecule has 0 radical (unpaired) electrons. The Labute approximate surface area is 264 Å². The summed E-state index contributed by atoms with van der Waals surface area (Å²) in [6.45, 7) is 19.3. The molecule has 7 atom stereocenters. The third-order valence-electron chi connectivity index (χ3n) is 9.20. The average molecular weight is 670 g/mol. The first-order valence-corrected chi connectivity index (χ1v) is 17.3. The molecule has 0 saturated carbocycles. The van der Waals surface area contributed by atoms with Gasteiger partial charge in [-0.3, -0.25) is 19.3 Å². The highest BCUT2D eigenvalue weighted by Crippen LogP contribution is 2.68. The predicted molar refractivity (Wildman–Crippen MR) is 170 cm³/mol. The Balaban J connectivity index is 1.73. The SMILES string of the molecule is C=CCN(CCN1CCOCC1)C(=O)C1N([C@@H](CO)CC(C)C)C(=O)[C@@H]2[C@@H](C(=O)N(CC=C)CCC)[C@@H]3SC12CC3Br. The van der Waals surface area contributed by atoms with Crippen LogP contribution in [0.15, 0.2) is 25.3 Å². The van der Waals surface area contributed by atoms with E-state index >= 15 is 0 Å². The number of likely N-dealkylation sites (tertiary alicyclic amines) is 1. The first-order valence-electron chi connectivity index (χ1n) is 15.5. The second-order valence-corrected chi connectivity index (χ2v) is 15.2. The van der Waals surface area contributed by atoms with E-state index in [0.717, 1.165) is 19.5 Å². The van der Waals surface area contributed by atoms with Crippen LogP contribution in [0.25, 0.3) is 0 Å². The number of hydrogen-bond donors (Lipinski definition) is 1. The summed E-state index contributed by atoms with van der Waals surface area (Å²) in [4.78, 5) is 51.1. The summed E-state index contributed by atoms with van der Waals surface area (Å²) in [5, 5.41) is 10.5. The molecule has 4 heterocycles. The number of morpholine rings is 1. The molecule has 4 saturated heterocycles. The first-order chi connectivity index (χ1) is 20.1. The fourth-order valence-corrected chi connectivity index (χ4v) is 11.1. The van der Waals surface area contributed by atoms with E-state index < -0.39 is 28.7 Å². The van der Waals surface area contributed by atoms with Crippen LogP contribution in [0.1, 0.15) is 40.0 Å². The van der Waals surface area contributed by atoms with Crippen molar-refractivity contribution < 1.29 is 24.2 Å². The van der Waals surface area contributed by atoms with Crippen molar-refractivity contribution in [3.63, 3.8) is 0 Å². The quantitative estimate of drug-likeness (QED) is 0.212. The summed E-state index contributed by atoms with van der Waals surface area (Å²) in [5.74, 6) is -1.25. The van der Waals surface area contributed by atoms with E-state index in [1.165, 1.54) is 0 Å². The van der Waals surface area contributed by atoms with E-state index in [1.807, 2.05) is 16.7 Å². The third kappa shape index (κ3) is 6.36. The fourth-order valence-electron chi connectivity index (χ4n) is 7.48. The van der Waals surface area contributed by atoms with Gasteiger partial charge in [0.2, 0.25) is 17.7 Å². The molecular weight excluding hydrogens is 620 g/mol. The van der Waals surface area contributed by atoms with Gasteiger partial charge < -0.3 is 24.5 Å². The summed E-state index contributed by atoms with van der Waals surface area (Å²) in [6.07, 6.45) is 5.47. The molecule has 1 N–H and O–H groups in total. The minimum atomic E-state index is -0.762. The Morgan fingerprint density at radius 2 is 1.81 bits per heavy atom. The van der Waals surface area contributed by atoms with E-state index in [-0.39, 0.29) is 40.3 Å². The standard InChI is InChI=1S/C31H49BrN4O5S/c1-6-9-34(10-7-2)28(38)24-25-29(39)36(22(20-37)18-21(4)5)27(31(25)19-23(32)26(24)42-31)30(40)35(11-8-3)13-12-33-14-16-41-17-15-33/h6,8,21-27,37H,1,3,7,9-20H2,2,4-5H3/t22-,23?,24-,25+,26-,27?,31?/m1/s1. The van der Waals surface area contributed by atoms with Crippen molar-refractivity contribution >= 4 is 45.4 Å². The highest BCUT2D eigenvalue weighted by Gasteiger charge is 2.76. The van der Waals surface area contributed by atoms with Crippen molar-refractivity contribution in [2.45, 2.75) is 66.9 Å². The van der Waals surface area contributed by atoms with Gasteiger partial charge in [0.25, 0.3) is 0 Å². The molecule has 4 aliphatic heterocycles. The van der Waals surface area contributed by atoms with Crippen LogP contribution in [0, 0.1) is 17.8 Å². The molecule has 0 aromatic carbocycles. The van der Waals surface area contributed by atoms with Gasteiger partial charge in [0.15, 0.2) is 0 Å². The lowest BCUT2D eigenvalue weighted by Crippen LogP contribution is -2.58. The predicted octanol–water partition coefficient (Wildman–Crippen LogP) is 2.63. The fraction of sp³-hybridized carbons (Fsp3) is 0.774. The van der Waals surface area contributed by atoms with E-state index in [4.69, 9.17) is 4.74 Å². The number of thioether (sulfide) groups is 1. The van der Waals surface area contributed by atoms with Crippen LogP contribution in [0.4, 0.5) is 0 Å². The number of aliphatic hydroxyl groups excluding tert-OH is 1. The van der Waals surface area contributed by atoms with Crippen molar-refractivity contribution in [1.82, 2.24) is 19.6 Å². The van der Waals surface area contributed by atoms with Gasteiger partial charge >= 0.3 is 0 Å². The number of rotatable bonds is 15. The number of halogens is 1. The zero-order valence-corrected chi connectivity index (χ0v) is 27.9. The topological polar surface area (TPSA) is 93.6 Å². The van der Waals surface area contributed by atoms with Crippen LogP contribution in [0.3, 0.4) is 0 Å². The van der Waals surface area contributed by atoms with Gasteiger partial charge in [-0.2, -0.15) is 0 Å². The molecule has 236 valence electrons. The number of alkyl halides is 1. The molecule has 0 aromatic heterocycles. The maximum absolute atomic E-state index is 14.7. The maximum Gasteiger partial charge on any atom is 0.247 e. The molecule has 42 heavy (non-hydrogen) atoms. The largest absolute Gasteiger partial charge is 0.394 e. The number of amides is 3. The molecule has 0 aromatic rings. The number of nitrogens with zero attached hydrogens (tertiary/aromatic N) is 4. The van der Waals surface area contributed by atoms with Gasteiger partial charge in [-0.05, 0) is 25.2 Å². The number of fused-ring (bicyclic) bond motifs is 1. The molecule has 3 unspecified atom stereocenters. The monoisotopic (exact) mass is 668 g/mol. The lowest BCUT2D eigenvalue weighted by atomic mass is 9.70. The molecule has 0 aliphatic carbocycles. The van der Waals surface area contributed by atoms with E-state index in [9.17, 15) is 19.5 Å². The van der Waals surface area contributed by atoms with Crippen LogP contribution in [0.5, 0.6) is 0 Å². The van der Waals surface area contributed by atoms with Gasteiger partial charge in [-0.15, -0.1) is 24.9 Å². The molecule has 4 rings (SSSR count). The normalized spacial score (nSPS) is 31.3. The molecule has 4 aliphatic rings. The second kappa shape index (κ2) is 14.6. The molecule has 4 fully saturated rings. The van der Waals surface area contributed by atoms with E-state index in [1.54, 1.807) is 28.8 Å². The third-order valence-corrected chi connectivity index (χ3v) is 12.4. The van der Waals surface area contributed by atoms with Gasteiger partial charge in [0.1, 0.15) is 6.04 Å². The average Bonchev–Trinajstić information content (AvgIpc) is 3.56. The number of aliphatic hydroxyl groups is 1. The molecule has 1 spiro atoms. The van der Waals surface area contributed by atoms with Crippen molar-refractivity contribution in [2.24, 2.45) is 17.8 Å². The van der Waals surface area contributed by atoms with Crippen molar-refractivity contribution in [3.05, 3.63) is 25.3 Å². The highest BCUT2D eigenvalue weighted by molar-refractivity contribution is 9.09. The summed E-state index contributed by atoms with van der Waals surface area (Å²) in [6, 6.07) is -1.26. The van der Waals surface area contributed by atoms with E-state index in [0.29, 0.717) is 58.8 Å². The van der Waals surface area contributed by atoms with Crippen molar-refractivity contribution in [3.8, 4) is 0 Å². The molecule has 9 nitrogen and oxygen atoms in total. The van der Waals surface area contributed by atoms with Crippen LogP contribution in [-0.4, -0.2) is 135 Å².